The van der Waals surface area contributed by atoms with E-state index in [1.807, 2.05) is 6.92 Å². The van der Waals surface area contributed by atoms with Crippen molar-refractivity contribution in [2.75, 3.05) is 47.9 Å². The summed E-state index contributed by atoms with van der Waals surface area (Å²) in [4.78, 5) is 14.0. The second-order valence-electron chi connectivity index (χ2n) is 10.6. The molecule has 0 fully saturated rings. The second kappa shape index (κ2) is 14.8. The zero-order chi connectivity index (χ0) is 35.3. The van der Waals surface area contributed by atoms with Crippen LogP contribution < -0.4 is 39.3 Å². The third kappa shape index (κ3) is 7.60. The van der Waals surface area contributed by atoms with Crippen LogP contribution in [0.5, 0.6) is 34.5 Å². The molecule has 1 N–H and O–H groups in total. The van der Waals surface area contributed by atoms with Gasteiger partial charge in [-0.05, 0) is 37.6 Å². The molecular formula is C33H36N2O12S2. The van der Waals surface area contributed by atoms with Crippen LogP contribution in [0.3, 0.4) is 0 Å². The number of nitrogens with zero attached hydrogens (tertiary/aromatic N) is 1. The molecule has 3 aromatic carbocycles. The average molecular weight is 717 g/mol. The minimum absolute atomic E-state index is 0.0104. The van der Waals surface area contributed by atoms with Crippen LogP contribution in [0.2, 0.25) is 0 Å². The summed E-state index contributed by atoms with van der Waals surface area (Å²) in [6.07, 6.45) is 0.429. The van der Waals surface area contributed by atoms with Gasteiger partial charge in [0.2, 0.25) is 16.9 Å². The number of fused-ring (bicyclic) bond motifs is 1. The molecule has 1 unspecified atom stereocenters. The van der Waals surface area contributed by atoms with Gasteiger partial charge in [-0.2, -0.15) is 12.6 Å². The van der Waals surface area contributed by atoms with Gasteiger partial charge in [0.25, 0.3) is 5.23 Å². The lowest BCUT2D eigenvalue weighted by Crippen LogP contribution is -2.42. The van der Waals surface area contributed by atoms with Crippen molar-refractivity contribution in [2.45, 2.75) is 31.1 Å². The molecule has 0 saturated carbocycles. The van der Waals surface area contributed by atoms with Crippen molar-refractivity contribution in [1.82, 2.24) is 5.43 Å². The van der Waals surface area contributed by atoms with Crippen molar-refractivity contribution in [2.24, 2.45) is 5.10 Å². The van der Waals surface area contributed by atoms with E-state index in [4.69, 9.17) is 41.8 Å². The van der Waals surface area contributed by atoms with Crippen molar-refractivity contribution < 1.29 is 50.2 Å². The molecule has 16 heteroatoms. The first-order chi connectivity index (χ1) is 23.4. The summed E-state index contributed by atoms with van der Waals surface area (Å²) in [7, 11) is 3.24. The molecule has 0 bridgehead atoms. The molecule has 49 heavy (non-hydrogen) atoms. The Balaban J connectivity index is 1.33. The summed E-state index contributed by atoms with van der Waals surface area (Å²) in [5.74, 6) is 0.486. The number of thioether (sulfide) groups is 1. The van der Waals surface area contributed by atoms with Crippen LogP contribution in [-0.2, 0) is 19.0 Å². The summed E-state index contributed by atoms with van der Waals surface area (Å²) in [5, 5.41) is 4.41. The van der Waals surface area contributed by atoms with Gasteiger partial charge >= 0.3 is 16.0 Å². The van der Waals surface area contributed by atoms with E-state index in [0.717, 1.165) is 5.56 Å². The van der Waals surface area contributed by atoms with Crippen LogP contribution in [-0.4, -0.2) is 67.5 Å². The summed E-state index contributed by atoms with van der Waals surface area (Å²) in [6.45, 7) is 3.35. The van der Waals surface area contributed by atoms with E-state index in [-0.39, 0.29) is 45.0 Å². The fraction of sp³-hybridized carbons (Fsp3) is 0.333. The van der Waals surface area contributed by atoms with Crippen molar-refractivity contribution in [3.05, 3.63) is 64.3 Å². The fourth-order valence-corrected chi connectivity index (χ4v) is 6.69. The largest absolute Gasteiger partial charge is 0.496 e. The number of hydrogen-bond donors (Lipinski definition) is 1. The van der Waals surface area contributed by atoms with Crippen LogP contribution in [0.15, 0.2) is 67.7 Å². The first-order valence-corrected chi connectivity index (χ1v) is 17.2. The van der Waals surface area contributed by atoms with Crippen molar-refractivity contribution in [3.8, 4) is 45.8 Å². The Kier molecular flexibility index (Phi) is 10.7. The summed E-state index contributed by atoms with van der Waals surface area (Å²) in [5.41, 5.74) is 3.68. The predicted octanol–water partition coefficient (Wildman–Crippen LogP) is 5.28. The number of aryl methyl sites for hydroxylation is 1. The minimum Gasteiger partial charge on any atom is -0.496 e. The van der Waals surface area contributed by atoms with Crippen LogP contribution in [0, 0.1) is 6.92 Å². The van der Waals surface area contributed by atoms with E-state index < -0.39 is 21.5 Å². The average Bonchev–Trinajstić information content (AvgIpc) is 3.46. The zero-order valence-corrected chi connectivity index (χ0v) is 29.5. The van der Waals surface area contributed by atoms with Gasteiger partial charge in [0.05, 0.1) is 47.1 Å². The molecule has 2 heterocycles. The number of hydrazone groups is 1. The Bertz CT molecular complexity index is 2010. The Morgan fingerprint density at radius 2 is 1.55 bits per heavy atom. The van der Waals surface area contributed by atoms with Gasteiger partial charge in [-0.1, -0.05) is 29.5 Å². The number of nitrogens with one attached hydrogen (secondary N) is 1. The predicted molar refractivity (Wildman–Crippen MR) is 183 cm³/mol. The maximum absolute atomic E-state index is 14.0. The Morgan fingerprint density at radius 3 is 2.16 bits per heavy atom. The lowest BCUT2D eigenvalue weighted by atomic mass is 10.1. The zero-order valence-electron chi connectivity index (χ0n) is 27.9. The molecular weight excluding hydrogens is 680 g/mol. The SMILES string of the molecule is COc1cc(OC)c2c(=O)c(OCCCSC3=NNC(C)(OS(=O)(=O)c4ccc(C)cc4)O3)c(-c3cc(OC)c(OC)c(OC)c3)oc2c1. The molecule has 4 aromatic rings. The number of rotatable bonds is 14. The molecule has 5 rings (SSSR count). The van der Waals surface area contributed by atoms with Gasteiger partial charge < -0.3 is 37.6 Å². The first-order valence-electron chi connectivity index (χ1n) is 14.8. The molecule has 0 radical (unpaired) electrons. The van der Waals surface area contributed by atoms with E-state index in [0.29, 0.717) is 40.7 Å². The molecule has 1 atom stereocenters. The molecule has 1 aliphatic heterocycles. The quantitative estimate of drug-likeness (QED) is 0.132. The normalized spacial score (nSPS) is 15.6. The summed E-state index contributed by atoms with van der Waals surface area (Å²) >= 11 is 1.20. The van der Waals surface area contributed by atoms with Crippen LogP contribution >= 0.6 is 11.8 Å². The molecule has 0 saturated heterocycles. The number of hydrogen-bond acceptors (Lipinski definition) is 15. The lowest BCUT2D eigenvalue weighted by molar-refractivity contribution is -0.109. The highest BCUT2D eigenvalue weighted by molar-refractivity contribution is 8.13. The first kappa shape index (κ1) is 35.5. The van der Waals surface area contributed by atoms with Gasteiger partial charge in [0.1, 0.15) is 22.5 Å². The second-order valence-corrected chi connectivity index (χ2v) is 13.2. The Labute approximate surface area is 287 Å². The van der Waals surface area contributed by atoms with Gasteiger partial charge in [0.15, 0.2) is 17.3 Å². The van der Waals surface area contributed by atoms with Crippen LogP contribution in [0.1, 0.15) is 18.9 Å². The summed E-state index contributed by atoms with van der Waals surface area (Å²) in [6, 6.07) is 12.7. The Morgan fingerprint density at radius 1 is 0.878 bits per heavy atom. The molecule has 1 aliphatic rings. The van der Waals surface area contributed by atoms with Crippen molar-refractivity contribution in [3.63, 3.8) is 0 Å². The third-order valence-corrected chi connectivity index (χ3v) is 9.55. The van der Waals surface area contributed by atoms with Gasteiger partial charge in [-0.25, -0.2) is 5.43 Å². The number of benzene rings is 3. The van der Waals surface area contributed by atoms with Crippen molar-refractivity contribution >= 4 is 38.1 Å². The van der Waals surface area contributed by atoms with E-state index in [1.54, 1.807) is 36.4 Å². The van der Waals surface area contributed by atoms with E-state index in [9.17, 15) is 13.2 Å². The van der Waals surface area contributed by atoms with Gasteiger partial charge in [-0.15, -0.1) is 5.10 Å². The highest BCUT2D eigenvalue weighted by atomic mass is 32.2. The number of ether oxygens (including phenoxy) is 7. The topological polar surface area (TPSA) is 163 Å². The van der Waals surface area contributed by atoms with E-state index in [1.165, 1.54) is 66.4 Å². The smallest absolute Gasteiger partial charge is 0.321 e. The molecule has 1 aromatic heterocycles. The lowest BCUT2D eigenvalue weighted by Gasteiger charge is -2.22. The molecule has 0 aliphatic carbocycles. The minimum atomic E-state index is -4.14. The van der Waals surface area contributed by atoms with Gasteiger partial charge in [0, 0.05) is 30.4 Å². The van der Waals surface area contributed by atoms with Crippen LogP contribution in [0.4, 0.5) is 0 Å². The summed E-state index contributed by atoms with van der Waals surface area (Å²) < 4.78 is 76.3. The van der Waals surface area contributed by atoms with Crippen molar-refractivity contribution in [1.29, 1.82) is 0 Å². The maximum Gasteiger partial charge on any atom is 0.321 e. The van der Waals surface area contributed by atoms with Gasteiger partial charge in [-0.3, -0.25) is 4.79 Å². The molecule has 14 nitrogen and oxygen atoms in total. The highest BCUT2D eigenvalue weighted by Gasteiger charge is 2.40. The maximum atomic E-state index is 14.0. The van der Waals surface area contributed by atoms with Crippen LogP contribution in [0.25, 0.3) is 22.3 Å². The standard InChI is InChI=1S/C33H36N2O12S2/c1-19-9-11-22(12-10-19)49(37,38)47-33(2)35-34-32(46-33)48-14-8-13-44-31-28(36)27-23(40-4)17-21(39-3)18-24(27)45-29(31)20-15-25(41-5)30(43-7)26(16-20)42-6/h9-12,15-18,35H,8,13-14H2,1-7H3. The Hall–Kier alpha value is -4.80. The number of methoxy groups -OCH3 is 5. The monoisotopic (exact) mass is 716 g/mol. The molecule has 0 spiro atoms. The molecule has 262 valence electrons. The highest BCUT2D eigenvalue weighted by Crippen LogP contribution is 2.44. The van der Waals surface area contributed by atoms with E-state index >= 15 is 0 Å². The van der Waals surface area contributed by atoms with E-state index in [2.05, 4.69) is 10.5 Å². The molecule has 0 amide bonds. The third-order valence-electron chi connectivity index (χ3n) is 7.24. The fourth-order valence-electron chi connectivity index (χ4n) is 4.87.